The third kappa shape index (κ3) is 3.25. The second-order valence-corrected chi connectivity index (χ2v) is 2.34. The van der Waals surface area contributed by atoms with E-state index >= 15 is 0 Å². The summed E-state index contributed by atoms with van der Waals surface area (Å²) in [4.78, 5) is 0. The van der Waals surface area contributed by atoms with Crippen LogP contribution in [0.2, 0.25) is 0 Å². The van der Waals surface area contributed by atoms with Gasteiger partial charge in [-0.25, -0.2) is 0 Å². The molecule has 11 heavy (non-hydrogen) atoms. The van der Waals surface area contributed by atoms with Crippen LogP contribution in [0.5, 0.6) is 0 Å². The highest BCUT2D eigenvalue weighted by molar-refractivity contribution is 5.17. The fraction of sp³-hybridized carbons (Fsp3) is 0.500. The Hall–Kier alpha value is -0.730. The van der Waals surface area contributed by atoms with E-state index in [9.17, 15) is 13.2 Å². The maximum Gasteiger partial charge on any atom is 0.395 e. The van der Waals surface area contributed by atoms with Crippen LogP contribution in [0.15, 0.2) is 24.3 Å². The highest BCUT2D eigenvalue weighted by Crippen LogP contribution is 2.30. The molecule has 0 aliphatic carbocycles. The van der Waals surface area contributed by atoms with Crippen molar-refractivity contribution in [1.29, 1.82) is 0 Å². The molecule has 0 aromatic rings. The standard InChI is InChI=1S/C8H11F3/c1-4-5-6(2)7(3)8(9,10)11/h4-5,7H,2H2,1,3H3. The second kappa shape index (κ2) is 3.60. The number of alkyl halides is 3. The quantitative estimate of drug-likeness (QED) is 0.549. The zero-order chi connectivity index (χ0) is 9.07. The van der Waals surface area contributed by atoms with Crippen molar-refractivity contribution in [3.63, 3.8) is 0 Å². The van der Waals surface area contributed by atoms with Gasteiger partial charge in [0.1, 0.15) is 0 Å². The van der Waals surface area contributed by atoms with E-state index in [1.54, 1.807) is 13.0 Å². The fourth-order valence-corrected chi connectivity index (χ4v) is 0.569. The molecule has 0 heterocycles. The summed E-state index contributed by atoms with van der Waals surface area (Å²) in [7, 11) is 0. The molecule has 0 bridgehead atoms. The van der Waals surface area contributed by atoms with Gasteiger partial charge < -0.3 is 0 Å². The Bertz CT molecular complexity index is 165. The smallest absolute Gasteiger partial charge is 0.170 e. The van der Waals surface area contributed by atoms with E-state index in [1.165, 1.54) is 6.08 Å². The maximum atomic E-state index is 11.9. The van der Waals surface area contributed by atoms with Gasteiger partial charge in [0.15, 0.2) is 0 Å². The van der Waals surface area contributed by atoms with E-state index in [4.69, 9.17) is 0 Å². The number of hydrogen-bond acceptors (Lipinski definition) is 0. The molecule has 0 radical (unpaired) electrons. The van der Waals surface area contributed by atoms with Gasteiger partial charge in [0, 0.05) is 0 Å². The minimum atomic E-state index is -4.17. The highest BCUT2D eigenvalue weighted by atomic mass is 19.4. The number of rotatable bonds is 2. The summed E-state index contributed by atoms with van der Waals surface area (Å²) < 4.78 is 35.8. The SMILES string of the molecule is C=C(C=CC)C(C)C(F)(F)F. The van der Waals surface area contributed by atoms with Gasteiger partial charge in [-0.3, -0.25) is 0 Å². The molecule has 0 aliphatic heterocycles. The van der Waals surface area contributed by atoms with Crippen molar-refractivity contribution in [2.24, 2.45) is 5.92 Å². The van der Waals surface area contributed by atoms with Gasteiger partial charge in [0.2, 0.25) is 0 Å². The summed E-state index contributed by atoms with van der Waals surface area (Å²) in [6.45, 7) is 6.06. The van der Waals surface area contributed by atoms with E-state index < -0.39 is 12.1 Å². The van der Waals surface area contributed by atoms with E-state index in [-0.39, 0.29) is 5.57 Å². The van der Waals surface area contributed by atoms with Gasteiger partial charge in [-0.15, -0.1) is 0 Å². The van der Waals surface area contributed by atoms with Crippen LogP contribution in [0.4, 0.5) is 13.2 Å². The van der Waals surface area contributed by atoms with Crippen molar-refractivity contribution in [3.05, 3.63) is 24.3 Å². The molecule has 1 atom stereocenters. The summed E-state index contributed by atoms with van der Waals surface area (Å²) >= 11 is 0. The molecule has 0 spiro atoms. The summed E-state index contributed by atoms with van der Waals surface area (Å²) in [5, 5.41) is 0. The van der Waals surface area contributed by atoms with Crippen LogP contribution in [0, 0.1) is 5.92 Å². The fourth-order valence-electron chi connectivity index (χ4n) is 0.569. The van der Waals surface area contributed by atoms with Crippen LogP contribution >= 0.6 is 0 Å². The first-order valence-corrected chi connectivity index (χ1v) is 3.27. The molecule has 1 unspecified atom stereocenters. The number of halogens is 3. The average molecular weight is 164 g/mol. The highest BCUT2D eigenvalue weighted by Gasteiger charge is 2.36. The topological polar surface area (TPSA) is 0 Å². The summed E-state index contributed by atoms with van der Waals surface area (Å²) in [6.07, 6.45) is -1.25. The molecule has 3 heteroatoms. The molecule has 0 N–H and O–H groups in total. The van der Waals surface area contributed by atoms with Crippen LogP contribution in [-0.2, 0) is 0 Å². The molecule has 0 nitrogen and oxygen atoms in total. The van der Waals surface area contributed by atoms with Crippen molar-refractivity contribution in [2.45, 2.75) is 20.0 Å². The van der Waals surface area contributed by atoms with E-state index in [1.807, 2.05) is 0 Å². The van der Waals surface area contributed by atoms with Crippen molar-refractivity contribution < 1.29 is 13.2 Å². The van der Waals surface area contributed by atoms with Crippen molar-refractivity contribution in [2.75, 3.05) is 0 Å². The van der Waals surface area contributed by atoms with Crippen molar-refractivity contribution in [1.82, 2.24) is 0 Å². The van der Waals surface area contributed by atoms with E-state index in [0.29, 0.717) is 0 Å². The minimum absolute atomic E-state index is 0.0972. The van der Waals surface area contributed by atoms with Gasteiger partial charge in [-0.1, -0.05) is 18.7 Å². The maximum absolute atomic E-state index is 11.9. The summed E-state index contributed by atoms with van der Waals surface area (Å²) in [6, 6.07) is 0. The van der Waals surface area contributed by atoms with Crippen molar-refractivity contribution >= 4 is 0 Å². The molecule has 0 fully saturated rings. The Morgan fingerprint density at radius 1 is 1.45 bits per heavy atom. The Morgan fingerprint density at radius 2 is 1.91 bits per heavy atom. The molecule has 0 rings (SSSR count). The second-order valence-electron chi connectivity index (χ2n) is 2.34. The Morgan fingerprint density at radius 3 is 2.18 bits per heavy atom. The number of hydrogen-bond donors (Lipinski definition) is 0. The summed E-state index contributed by atoms with van der Waals surface area (Å²) in [5.74, 6) is -1.45. The molecule has 0 aromatic carbocycles. The molecular weight excluding hydrogens is 153 g/mol. The largest absolute Gasteiger partial charge is 0.395 e. The lowest BCUT2D eigenvalue weighted by Crippen LogP contribution is -2.20. The van der Waals surface area contributed by atoms with E-state index in [0.717, 1.165) is 6.92 Å². The predicted molar refractivity (Wildman–Crippen MR) is 39.2 cm³/mol. The Balaban J connectivity index is 4.26. The average Bonchev–Trinajstić information content (AvgIpc) is 1.85. The molecule has 0 aromatic heterocycles. The lowest BCUT2D eigenvalue weighted by molar-refractivity contribution is -0.158. The van der Waals surface area contributed by atoms with Gasteiger partial charge in [0.05, 0.1) is 5.92 Å². The monoisotopic (exact) mass is 164 g/mol. The van der Waals surface area contributed by atoms with Crippen LogP contribution in [0.25, 0.3) is 0 Å². The molecule has 64 valence electrons. The first-order valence-electron chi connectivity index (χ1n) is 3.27. The first-order chi connectivity index (χ1) is 4.89. The molecule has 0 aliphatic rings. The van der Waals surface area contributed by atoms with Crippen LogP contribution < -0.4 is 0 Å². The minimum Gasteiger partial charge on any atom is -0.170 e. The Kier molecular flexibility index (Phi) is 3.36. The number of allylic oxidation sites excluding steroid dienone is 3. The Labute approximate surface area is 64.4 Å². The zero-order valence-electron chi connectivity index (χ0n) is 6.57. The van der Waals surface area contributed by atoms with Gasteiger partial charge in [-0.2, -0.15) is 13.2 Å². The normalized spacial score (nSPS) is 15.4. The predicted octanol–water partition coefficient (Wildman–Crippen LogP) is 3.32. The van der Waals surface area contributed by atoms with Gasteiger partial charge in [-0.05, 0) is 19.4 Å². The molecular formula is C8H11F3. The third-order valence-corrected chi connectivity index (χ3v) is 1.43. The van der Waals surface area contributed by atoms with Crippen LogP contribution in [0.1, 0.15) is 13.8 Å². The van der Waals surface area contributed by atoms with Gasteiger partial charge in [0.25, 0.3) is 0 Å². The van der Waals surface area contributed by atoms with Crippen molar-refractivity contribution in [3.8, 4) is 0 Å². The first kappa shape index (κ1) is 10.3. The third-order valence-electron chi connectivity index (χ3n) is 1.43. The molecule has 0 saturated carbocycles. The molecule has 0 saturated heterocycles. The van der Waals surface area contributed by atoms with Crippen LogP contribution in [-0.4, -0.2) is 6.18 Å². The lowest BCUT2D eigenvalue weighted by Gasteiger charge is -2.15. The lowest BCUT2D eigenvalue weighted by atomic mass is 10.0. The van der Waals surface area contributed by atoms with Gasteiger partial charge >= 0.3 is 6.18 Å². The molecule has 0 amide bonds. The van der Waals surface area contributed by atoms with E-state index in [2.05, 4.69) is 6.58 Å². The van der Waals surface area contributed by atoms with Crippen LogP contribution in [0.3, 0.4) is 0 Å². The zero-order valence-corrected chi connectivity index (χ0v) is 6.57. The summed E-state index contributed by atoms with van der Waals surface area (Å²) in [5.41, 5.74) is 0.0972.